The first-order chi connectivity index (χ1) is 31.9. The Morgan fingerprint density at radius 2 is 1.53 bits per heavy atom. The lowest BCUT2D eigenvalue weighted by atomic mass is 9.68. The van der Waals surface area contributed by atoms with Gasteiger partial charge in [-0.2, -0.15) is 0 Å². The fraction of sp³-hybridized carbons (Fsp3) is 0.527. The lowest BCUT2D eigenvalue weighted by Gasteiger charge is -2.48. The number of aliphatic hydroxyl groups is 1. The maximum atomic E-state index is 12.9. The average Bonchev–Trinajstić information content (AvgIpc) is 3.87. The summed E-state index contributed by atoms with van der Waals surface area (Å²) < 4.78 is 16.3. The van der Waals surface area contributed by atoms with Crippen LogP contribution < -0.4 is 9.64 Å². The molecule has 1 N–H and O–H groups in total. The predicted octanol–water partition coefficient (Wildman–Crippen LogP) is 9.62. The number of para-hydroxylation sites is 1. The van der Waals surface area contributed by atoms with Gasteiger partial charge in [-0.15, -0.1) is 11.3 Å². The molecule has 0 unspecified atom stereocenters. The zero-order valence-electron chi connectivity index (χ0n) is 41.1. The Labute approximate surface area is 400 Å². The number of likely N-dealkylation sites (tertiary alicyclic amines) is 1. The van der Waals surface area contributed by atoms with E-state index in [1.807, 2.05) is 129 Å². The molecule has 1 saturated carbocycles. The summed E-state index contributed by atoms with van der Waals surface area (Å²) in [5.74, 6) is 1.17. The predicted molar refractivity (Wildman–Crippen MR) is 271 cm³/mol. The molecule has 4 atom stereocenters. The van der Waals surface area contributed by atoms with Gasteiger partial charge in [-0.3, -0.25) is 9.59 Å². The van der Waals surface area contributed by atoms with E-state index >= 15 is 0 Å². The molecule has 3 aliphatic rings. The maximum Gasteiger partial charge on any atom is 0.318 e. The van der Waals surface area contributed by atoms with Crippen LogP contribution in [0.3, 0.4) is 0 Å². The van der Waals surface area contributed by atoms with Gasteiger partial charge in [-0.25, -0.2) is 0 Å². The van der Waals surface area contributed by atoms with Gasteiger partial charge in [0, 0.05) is 62.2 Å². The molecule has 2 fully saturated rings. The summed E-state index contributed by atoms with van der Waals surface area (Å²) in [6, 6.07) is 32.3. The zero-order chi connectivity index (χ0) is 47.6. The third-order valence-corrected chi connectivity index (χ3v) is 14.6. The van der Waals surface area contributed by atoms with Crippen LogP contribution in [0.2, 0.25) is 0 Å². The first-order valence-electron chi connectivity index (χ1n) is 24.1. The molecule has 0 bridgehead atoms. The number of likely N-dealkylation sites (N-methyl/N-ethyl adjacent to an activating group) is 1. The van der Waals surface area contributed by atoms with E-state index in [4.69, 9.17) is 14.2 Å². The number of anilines is 1. The van der Waals surface area contributed by atoms with Crippen LogP contribution in [0, 0.1) is 5.92 Å². The quantitative estimate of drug-likeness (QED) is 0.0872. The van der Waals surface area contributed by atoms with Gasteiger partial charge in [-0.1, -0.05) is 98.6 Å². The molecule has 0 spiro atoms. The highest BCUT2D eigenvalue weighted by molar-refractivity contribution is 7.09. The zero-order valence-corrected chi connectivity index (χ0v) is 41.9. The van der Waals surface area contributed by atoms with Crippen molar-refractivity contribution in [3.8, 4) is 5.75 Å². The lowest BCUT2D eigenvalue weighted by molar-refractivity contribution is -0.153. The highest BCUT2D eigenvalue weighted by Crippen LogP contribution is 2.43. The molecule has 66 heavy (non-hydrogen) atoms. The van der Waals surface area contributed by atoms with E-state index in [1.165, 1.54) is 11.3 Å². The molecule has 11 heteroatoms. The fourth-order valence-corrected chi connectivity index (χ4v) is 11.0. The molecule has 0 radical (unpaired) electrons. The molecule has 7 rings (SSSR count). The molecule has 1 saturated heterocycles. The first-order valence-corrected chi connectivity index (χ1v) is 24.9. The van der Waals surface area contributed by atoms with Crippen molar-refractivity contribution >= 4 is 28.9 Å². The topological polar surface area (TPSA) is 95.0 Å². The Balaban J connectivity index is 0.000000190. The van der Waals surface area contributed by atoms with Gasteiger partial charge in [0.1, 0.15) is 11.2 Å². The Morgan fingerprint density at radius 3 is 2.14 bits per heavy atom. The fourth-order valence-electron chi connectivity index (χ4n) is 10.3. The van der Waals surface area contributed by atoms with Crippen LogP contribution in [-0.2, 0) is 36.5 Å². The number of methoxy groups -OCH3 is 2. The van der Waals surface area contributed by atoms with E-state index in [2.05, 4.69) is 58.5 Å². The van der Waals surface area contributed by atoms with Crippen molar-refractivity contribution in [3.63, 3.8) is 0 Å². The van der Waals surface area contributed by atoms with Gasteiger partial charge in [-0.05, 0) is 127 Å². The van der Waals surface area contributed by atoms with Crippen molar-refractivity contribution in [1.29, 1.82) is 0 Å². The van der Waals surface area contributed by atoms with Crippen LogP contribution in [0.1, 0.15) is 87.6 Å². The normalized spacial score (nSPS) is 22.7. The van der Waals surface area contributed by atoms with Crippen molar-refractivity contribution in [2.24, 2.45) is 5.92 Å². The highest BCUT2D eigenvalue weighted by atomic mass is 32.1. The van der Waals surface area contributed by atoms with Crippen LogP contribution >= 0.6 is 11.3 Å². The molecule has 2 aliphatic carbocycles. The highest BCUT2D eigenvalue weighted by Gasteiger charge is 2.49. The Morgan fingerprint density at radius 1 is 0.833 bits per heavy atom. The molecular formula is C55H78N4O6S. The number of hydrogen-bond acceptors (Lipinski definition) is 10. The summed E-state index contributed by atoms with van der Waals surface area (Å²) in [5.41, 5.74) is 1.45. The summed E-state index contributed by atoms with van der Waals surface area (Å²) in [5, 5.41) is 13.3. The molecule has 10 nitrogen and oxygen atoms in total. The average molecular weight is 923 g/mol. The standard InChI is InChI=1S/C22H30N2O2S.C17H23NO2.C16H25NO2/c1-3-21(25)24(19-8-5-4-6-9-19)22(18-26-2)12-15-23(16-13-22)14-11-20-10-7-17-27-20;1-4-20-16(19)17(14-10-6-5-7-11-14)13-9-8-12-15(17)18(2)3;1-17(2)12-14-7-4-5-10-16(14,18)13-8-6-9-15(11-13)19-3/h4-10,17H,3,11-16,18H2,1-2H3;5-8,10-12,15H,4,9,13H2,1-3H3;6,8-9,11,14,18H,4-5,7,10,12H2,1-3H3/t;15-,17+;14-,16+/m.11/s1. The van der Waals surface area contributed by atoms with Crippen molar-refractivity contribution in [2.45, 2.75) is 101 Å². The van der Waals surface area contributed by atoms with E-state index in [9.17, 15) is 14.7 Å². The summed E-state index contributed by atoms with van der Waals surface area (Å²) in [6.07, 6.45) is 13.7. The number of ether oxygens (including phenoxy) is 3. The maximum absolute atomic E-state index is 12.9. The summed E-state index contributed by atoms with van der Waals surface area (Å²) in [7, 11) is 11.6. The minimum absolute atomic E-state index is 0.0256. The van der Waals surface area contributed by atoms with Crippen LogP contribution in [0.5, 0.6) is 5.75 Å². The summed E-state index contributed by atoms with van der Waals surface area (Å²) in [6.45, 7) is 8.78. The number of esters is 1. The number of benzene rings is 3. The van der Waals surface area contributed by atoms with Crippen LogP contribution in [0.15, 0.2) is 115 Å². The number of rotatable bonds is 16. The number of nitrogens with zero attached hydrogens (tertiary/aromatic N) is 4. The molecule has 1 aromatic heterocycles. The van der Waals surface area contributed by atoms with Gasteiger partial charge in [0.05, 0.1) is 31.5 Å². The SMILES string of the molecule is CCC(=O)N(c1ccccc1)C1(COC)CCN(CCc2cccs2)CC1.CCOC(=O)[C@]1(c2ccccc2)CCC=C[C@H]1N(C)C.COc1cccc([C@@]2(O)CCCC[C@@H]2CN(C)C)c1. The second-order valence-corrected chi connectivity index (χ2v) is 19.6. The first kappa shape index (κ1) is 52.6. The molecule has 4 aromatic rings. The minimum atomic E-state index is -0.711. The number of piperidine rings is 1. The molecule has 1 aliphatic heterocycles. The van der Waals surface area contributed by atoms with Gasteiger partial charge >= 0.3 is 5.97 Å². The molecule has 1 amide bonds. The van der Waals surface area contributed by atoms with Gasteiger partial charge < -0.3 is 38.9 Å². The largest absolute Gasteiger partial charge is 0.497 e. The Hall–Kier alpha value is -4.36. The van der Waals surface area contributed by atoms with E-state index < -0.39 is 11.0 Å². The Bertz CT molecular complexity index is 2060. The number of carbonyl (C=O) groups excluding carboxylic acids is 2. The molecule has 3 aromatic carbocycles. The van der Waals surface area contributed by atoms with E-state index in [0.29, 0.717) is 25.6 Å². The van der Waals surface area contributed by atoms with Crippen molar-refractivity contribution in [3.05, 3.63) is 131 Å². The minimum Gasteiger partial charge on any atom is -0.497 e. The molecular weight excluding hydrogens is 845 g/mol. The van der Waals surface area contributed by atoms with Crippen molar-refractivity contribution in [1.82, 2.24) is 14.7 Å². The summed E-state index contributed by atoms with van der Waals surface area (Å²) >= 11 is 1.83. The van der Waals surface area contributed by atoms with Crippen molar-refractivity contribution < 1.29 is 28.9 Å². The van der Waals surface area contributed by atoms with E-state index in [0.717, 1.165) is 100 Å². The van der Waals surface area contributed by atoms with Crippen LogP contribution in [-0.4, -0.2) is 125 Å². The van der Waals surface area contributed by atoms with Gasteiger partial charge in [0.15, 0.2) is 0 Å². The van der Waals surface area contributed by atoms with E-state index in [1.54, 1.807) is 14.2 Å². The summed E-state index contributed by atoms with van der Waals surface area (Å²) in [4.78, 5) is 35.9. The third kappa shape index (κ3) is 13.2. The monoisotopic (exact) mass is 923 g/mol. The Kier molecular flexibility index (Phi) is 20.5. The second-order valence-electron chi connectivity index (χ2n) is 18.5. The smallest absolute Gasteiger partial charge is 0.318 e. The third-order valence-electron chi connectivity index (χ3n) is 13.7. The van der Waals surface area contributed by atoms with Crippen molar-refractivity contribution in [2.75, 3.05) is 86.7 Å². The number of amides is 1. The second kappa shape index (κ2) is 25.7. The molecule has 360 valence electrons. The molecule has 2 heterocycles. The number of allylic oxidation sites excluding steroid dienone is 1. The van der Waals surface area contributed by atoms with Crippen LogP contribution in [0.4, 0.5) is 5.69 Å². The van der Waals surface area contributed by atoms with Gasteiger partial charge in [0.25, 0.3) is 0 Å². The lowest BCUT2D eigenvalue weighted by Crippen LogP contribution is -2.60. The number of hydrogen-bond donors (Lipinski definition) is 1. The number of carbonyl (C=O) groups is 2. The van der Waals surface area contributed by atoms with Gasteiger partial charge in [0.2, 0.25) is 5.91 Å². The van der Waals surface area contributed by atoms with Crippen LogP contribution in [0.25, 0.3) is 0 Å². The number of thiophene rings is 1. The van der Waals surface area contributed by atoms with E-state index in [-0.39, 0.29) is 23.5 Å².